The molecule has 0 unspecified atom stereocenters. The molecule has 7 nitrogen and oxygen atoms in total. The standard InChI is InChI=1S/C16H13BrN2O5/c17-14-7-5-10(23-14)6-8-15(20)18-19-16(21)13-9-22-11-3-1-2-4-12(11)24-13/h1-8,13H,9H2,(H,18,20)(H,19,21)/b8-6+/t13-/m1/s1. The molecule has 3 rings (SSSR count). The zero-order valence-corrected chi connectivity index (χ0v) is 13.9. The van der Waals surface area contributed by atoms with Crippen molar-refractivity contribution in [2.45, 2.75) is 6.10 Å². The molecule has 124 valence electrons. The molecule has 1 aliphatic rings. The fourth-order valence-electron chi connectivity index (χ4n) is 1.97. The molecule has 0 bridgehead atoms. The van der Waals surface area contributed by atoms with Crippen molar-refractivity contribution in [1.82, 2.24) is 10.9 Å². The van der Waals surface area contributed by atoms with E-state index in [1.54, 1.807) is 30.3 Å². The SMILES string of the molecule is O=C(/C=C/c1ccc(Br)o1)NNC(=O)[C@H]1COc2ccccc2O1. The number of benzene rings is 1. The fourth-order valence-corrected chi connectivity index (χ4v) is 2.29. The van der Waals surface area contributed by atoms with Crippen LogP contribution in [0, 0.1) is 0 Å². The highest BCUT2D eigenvalue weighted by Crippen LogP contribution is 2.30. The zero-order valence-electron chi connectivity index (χ0n) is 12.3. The van der Waals surface area contributed by atoms with Gasteiger partial charge in [-0.2, -0.15) is 0 Å². The van der Waals surface area contributed by atoms with Crippen LogP contribution in [0.5, 0.6) is 11.5 Å². The van der Waals surface area contributed by atoms with E-state index in [2.05, 4.69) is 26.8 Å². The Bertz CT molecular complexity index is 786. The summed E-state index contributed by atoms with van der Waals surface area (Å²) in [6, 6.07) is 10.4. The number of furan rings is 1. The summed E-state index contributed by atoms with van der Waals surface area (Å²) in [7, 11) is 0. The second-order valence-electron chi connectivity index (χ2n) is 4.82. The molecular weight excluding hydrogens is 380 g/mol. The quantitative estimate of drug-likeness (QED) is 0.616. The van der Waals surface area contributed by atoms with Crippen molar-refractivity contribution in [1.29, 1.82) is 0 Å². The average Bonchev–Trinajstić information content (AvgIpc) is 3.02. The van der Waals surface area contributed by atoms with Crippen LogP contribution in [0.2, 0.25) is 0 Å². The van der Waals surface area contributed by atoms with E-state index in [9.17, 15) is 9.59 Å². The highest BCUT2D eigenvalue weighted by atomic mass is 79.9. The van der Waals surface area contributed by atoms with Crippen LogP contribution >= 0.6 is 15.9 Å². The van der Waals surface area contributed by atoms with Gasteiger partial charge in [0.05, 0.1) is 0 Å². The minimum absolute atomic E-state index is 0.0645. The van der Waals surface area contributed by atoms with Crippen LogP contribution in [0.3, 0.4) is 0 Å². The van der Waals surface area contributed by atoms with Gasteiger partial charge in [0.2, 0.25) is 6.10 Å². The number of hydrogen-bond acceptors (Lipinski definition) is 5. The van der Waals surface area contributed by atoms with Gasteiger partial charge in [0.15, 0.2) is 16.2 Å². The van der Waals surface area contributed by atoms with Gasteiger partial charge in [0.25, 0.3) is 11.8 Å². The van der Waals surface area contributed by atoms with Crippen LogP contribution in [0.4, 0.5) is 0 Å². The van der Waals surface area contributed by atoms with Crippen molar-refractivity contribution in [3.63, 3.8) is 0 Å². The van der Waals surface area contributed by atoms with Crippen molar-refractivity contribution >= 4 is 33.8 Å². The third-order valence-corrected chi connectivity index (χ3v) is 3.53. The first-order valence-electron chi connectivity index (χ1n) is 7.03. The van der Waals surface area contributed by atoms with E-state index >= 15 is 0 Å². The Balaban J connectivity index is 1.49. The smallest absolute Gasteiger partial charge is 0.283 e. The molecule has 0 aliphatic carbocycles. The van der Waals surface area contributed by atoms with E-state index in [0.717, 1.165) is 0 Å². The molecule has 1 aromatic heterocycles. The van der Waals surface area contributed by atoms with Gasteiger partial charge in [-0.05, 0) is 46.3 Å². The zero-order chi connectivity index (χ0) is 16.9. The van der Waals surface area contributed by atoms with E-state index in [-0.39, 0.29) is 6.61 Å². The number of hydrogen-bond donors (Lipinski definition) is 2. The van der Waals surface area contributed by atoms with Gasteiger partial charge in [-0.3, -0.25) is 20.4 Å². The summed E-state index contributed by atoms with van der Waals surface area (Å²) in [5, 5.41) is 0. The highest BCUT2D eigenvalue weighted by Gasteiger charge is 2.27. The predicted molar refractivity (Wildman–Crippen MR) is 88.1 cm³/mol. The van der Waals surface area contributed by atoms with Crippen LogP contribution < -0.4 is 20.3 Å². The number of para-hydroxylation sites is 2. The number of ether oxygens (including phenoxy) is 2. The largest absolute Gasteiger partial charge is 0.485 e. The number of fused-ring (bicyclic) bond motifs is 1. The molecule has 2 N–H and O–H groups in total. The Morgan fingerprint density at radius 1 is 1.12 bits per heavy atom. The molecule has 0 spiro atoms. The van der Waals surface area contributed by atoms with Crippen LogP contribution in [-0.2, 0) is 9.59 Å². The van der Waals surface area contributed by atoms with Crippen molar-refractivity contribution in [3.05, 3.63) is 52.9 Å². The van der Waals surface area contributed by atoms with Gasteiger partial charge in [-0.25, -0.2) is 0 Å². The predicted octanol–water partition coefficient (Wildman–Crippen LogP) is 2.04. The Hall–Kier alpha value is -2.74. The maximum atomic E-state index is 12.0. The molecule has 0 radical (unpaired) electrons. The van der Waals surface area contributed by atoms with Crippen LogP contribution in [0.25, 0.3) is 6.08 Å². The van der Waals surface area contributed by atoms with Crippen molar-refractivity contribution in [3.8, 4) is 11.5 Å². The first kappa shape index (κ1) is 16.1. The number of halogens is 1. The van der Waals surface area contributed by atoms with Gasteiger partial charge in [-0.15, -0.1) is 0 Å². The number of carbonyl (C=O) groups excluding carboxylic acids is 2. The highest BCUT2D eigenvalue weighted by molar-refractivity contribution is 9.10. The molecule has 1 atom stereocenters. The molecular formula is C16H13BrN2O5. The van der Waals surface area contributed by atoms with E-state index in [1.165, 1.54) is 12.2 Å². The molecule has 1 aliphatic heterocycles. The summed E-state index contributed by atoms with van der Waals surface area (Å²) in [6.45, 7) is 0.0645. The Morgan fingerprint density at radius 2 is 1.92 bits per heavy atom. The van der Waals surface area contributed by atoms with Crippen molar-refractivity contribution in [2.24, 2.45) is 0 Å². The Labute approximate surface area is 145 Å². The molecule has 2 aromatic rings. The van der Waals surface area contributed by atoms with Crippen LogP contribution in [0.1, 0.15) is 5.76 Å². The van der Waals surface area contributed by atoms with Crippen molar-refractivity contribution < 1.29 is 23.5 Å². The number of nitrogens with one attached hydrogen (secondary N) is 2. The maximum absolute atomic E-state index is 12.0. The Kier molecular flexibility index (Phi) is 4.85. The molecule has 0 saturated carbocycles. The van der Waals surface area contributed by atoms with Gasteiger partial charge < -0.3 is 13.9 Å². The number of rotatable bonds is 3. The van der Waals surface area contributed by atoms with E-state index in [4.69, 9.17) is 13.9 Å². The number of amides is 2. The van der Waals surface area contributed by atoms with Crippen LogP contribution in [0.15, 0.2) is 51.6 Å². The maximum Gasteiger partial charge on any atom is 0.283 e. The summed E-state index contributed by atoms with van der Waals surface area (Å²) in [5.41, 5.74) is 4.56. The summed E-state index contributed by atoms with van der Waals surface area (Å²) < 4.78 is 16.7. The van der Waals surface area contributed by atoms with Crippen LogP contribution in [-0.4, -0.2) is 24.5 Å². The normalized spacial score (nSPS) is 16.0. The lowest BCUT2D eigenvalue weighted by molar-refractivity contribution is -0.134. The minimum Gasteiger partial charge on any atom is -0.485 e. The summed E-state index contributed by atoms with van der Waals surface area (Å²) in [5.74, 6) is 0.556. The first-order chi connectivity index (χ1) is 11.6. The van der Waals surface area contributed by atoms with Gasteiger partial charge in [0, 0.05) is 6.08 Å². The van der Waals surface area contributed by atoms with Gasteiger partial charge in [0.1, 0.15) is 12.4 Å². The van der Waals surface area contributed by atoms with Gasteiger partial charge >= 0.3 is 0 Å². The lowest BCUT2D eigenvalue weighted by atomic mass is 10.2. The molecule has 0 fully saturated rings. The first-order valence-corrected chi connectivity index (χ1v) is 7.83. The van der Waals surface area contributed by atoms with Gasteiger partial charge in [-0.1, -0.05) is 12.1 Å². The average molecular weight is 393 g/mol. The second-order valence-corrected chi connectivity index (χ2v) is 5.60. The molecule has 24 heavy (non-hydrogen) atoms. The number of carbonyl (C=O) groups is 2. The third kappa shape index (κ3) is 3.96. The molecule has 0 saturated heterocycles. The molecule has 8 heteroatoms. The third-order valence-electron chi connectivity index (χ3n) is 3.10. The van der Waals surface area contributed by atoms with E-state index in [1.807, 2.05) is 6.07 Å². The lowest BCUT2D eigenvalue weighted by Gasteiger charge is -2.25. The Morgan fingerprint density at radius 3 is 2.67 bits per heavy atom. The molecule has 2 amide bonds. The number of hydrazine groups is 1. The summed E-state index contributed by atoms with van der Waals surface area (Å²) >= 11 is 3.16. The van der Waals surface area contributed by atoms with E-state index in [0.29, 0.717) is 21.9 Å². The topological polar surface area (TPSA) is 89.8 Å². The lowest BCUT2D eigenvalue weighted by Crippen LogP contribution is -2.50. The fraction of sp³-hybridized carbons (Fsp3) is 0.125. The summed E-state index contributed by atoms with van der Waals surface area (Å²) in [6.07, 6.45) is 1.87. The second kappa shape index (κ2) is 7.22. The minimum atomic E-state index is -0.842. The molecule has 1 aromatic carbocycles. The molecule has 2 heterocycles. The van der Waals surface area contributed by atoms with E-state index < -0.39 is 17.9 Å². The van der Waals surface area contributed by atoms with Crippen molar-refractivity contribution in [2.75, 3.05) is 6.61 Å². The summed E-state index contributed by atoms with van der Waals surface area (Å²) in [4.78, 5) is 23.7. The monoisotopic (exact) mass is 392 g/mol.